The Hall–Kier alpha value is -1.62. The molecule has 1 aromatic rings. The number of likely N-dealkylation sites (N-methyl/N-ethyl adjacent to an activating group) is 1. The highest BCUT2D eigenvalue weighted by Crippen LogP contribution is 2.11. The normalized spacial score (nSPS) is 21.5. The van der Waals surface area contributed by atoms with E-state index in [0.29, 0.717) is 17.6 Å². The van der Waals surface area contributed by atoms with Crippen molar-refractivity contribution in [3.8, 4) is 0 Å². The predicted octanol–water partition coefficient (Wildman–Crippen LogP) is 0.440. The second-order valence-electron chi connectivity index (χ2n) is 4.53. The van der Waals surface area contributed by atoms with E-state index in [4.69, 9.17) is 5.73 Å². The van der Waals surface area contributed by atoms with Crippen molar-refractivity contribution in [2.24, 2.45) is 0 Å². The second-order valence-corrected chi connectivity index (χ2v) is 4.53. The van der Waals surface area contributed by atoms with Crippen molar-refractivity contribution in [3.63, 3.8) is 0 Å². The predicted molar refractivity (Wildman–Crippen MR) is 66.6 cm³/mol. The van der Waals surface area contributed by atoms with Crippen LogP contribution >= 0.6 is 0 Å². The molecule has 5 nitrogen and oxygen atoms in total. The van der Waals surface area contributed by atoms with Crippen molar-refractivity contribution in [2.45, 2.75) is 13.0 Å². The van der Waals surface area contributed by atoms with Crippen LogP contribution in [0.4, 0.5) is 5.82 Å². The third-order valence-corrected chi connectivity index (χ3v) is 3.24. The molecule has 0 aromatic carbocycles. The monoisotopic (exact) mass is 234 g/mol. The Bertz CT molecular complexity index is 421. The van der Waals surface area contributed by atoms with Crippen LogP contribution < -0.4 is 5.73 Å². The first-order valence-electron chi connectivity index (χ1n) is 5.80. The van der Waals surface area contributed by atoms with Crippen molar-refractivity contribution < 1.29 is 4.79 Å². The fourth-order valence-corrected chi connectivity index (χ4v) is 1.97. The molecule has 1 unspecified atom stereocenters. The smallest absolute Gasteiger partial charge is 0.272 e. The van der Waals surface area contributed by atoms with Crippen LogP contribution in [0, 0.1) is 0 Å². The highest BCUT2D eigenvalue weighted by Gasteiger charge is 2.25. The average molecular weight is 234 g/mol. The lowest BCUT2D eigenvalue weighted by atomic mass is 10.2. The molecule has 1 saturated heterocycles. The molecule has 0 aliphatic carbocycles. The van der Waals surface area contributed by atoms with Crippen molar-refractivity contribution in [1.82, 2.24) is 14.8 Å². The molecule has 1 aromatic heterocycles. The van der Waals surface area contributed by atoms with Gasteiger partial charge in [-0.1, -0.05) is 6.07 Å². The fraction of sp³-hybridized carbons (Fsp3) is 0.500. The maximum absolute atomic E-state index is 12.2. The van der Waals surface area contributed by atoms with Gasteiger partial charge in [-0.25, -0.2) is 4.98 Å². The second kappa shape index (κ2) is 4.71. The molecule has 0 spiro atoms. The molecular formula is C12H18N4O. The maximum atomic E-state index is 12.2. The van der Waals surface area contributed by atoms with Gasteiger partial charge < -0.3 is 15.5 Å². The van der Waals surface area contributed by atoms with E-state index < -0.39 is 0 Å². The zero-order valence-corrected chi connectivity index (χ0v) is 10.3. The summed E-state index contributed by atoms with van der Waals surface area (Å²) in [6.07, 6.45) is 0. The summed E-state index contributed by atoms with van der Waals surface area (Å²) >= 11 is 0. The Kier molecular flexibility index (Phi) is 3.28. The van der Waals surface area contributed by atoms with Gasteiger partial charge in [0.05, 0.1) is 0 Å². The molecule has 1 atom stereocenters. The molecule has 1 fully saturated rings. The number of carbonyl (C=O) groups is 1. The van der Waals surface area contributed by atoms with Gasteiger partial charge in [0.2, 0.25) is 0 Å². The first-order chi connectivity index (χ1) is 8.08. The number of amides is 1. The Balaban J connectivity index is 2.10. The molecule has 0 radical (unpaired) electrons. The summed E-state index contributed by atoms with van der Waals surface area (Å²) in [5, 5.41) is 0. The molecule has 1 amide bonds. The molecule has 92 valence electrons. The lowest BCUT2D eigenvalue weighted by molar-refractivity contribution is 0.0567. The number of nitrogens with zero attached hydrogens (tertiary/aromatic N) is 3. The van der Waals surface area contributed by atoms with Gasteiger partial charge >= 0.3 is 0 Å². The van der Waals surface area contributed by atoms with Gasteiger partial charge in [0.25, 0.3) is 5.91 Å². The van der Waals surface area contributed by atoms with Gasteiger partial charge in [0.15, 0.2) is 0 Å². The minimum absolute atomic E-state index is 0.0303. The van der Waals surface area contributed by atoms with Crippen LogP contribution in [0.3, 0.4) is 0 Å². The highest BCUT2D eigenvalue weighted by molar-refractivity contribution is 5.92. The third-order valence-electron chi connectivity index (χ3n) is 3.24. The van der Waals surface area contributed by atoms with Crippen LogP contribution in [-0.4, -0.2) is 53.4 Å². The van der Waals surface area contributed by atoms with Crippen molar-refractivity contribution in [2.75, 3.05) is 32.4 Å². The molecule has 2 heterocycles. The Morgan fingerprint density at radius 2 is 2.24 bits per heavy atom. The number of anilines is 1. The molecule has 0 saturated carbocycles. The van der Waals surface area contributed by atoms with Crippen molar-refractivity contribution in [1.29, 1.82) is 0 Å². The largest absolute Gasteiger partial charge is 0.384 e. The number of aromatic nitrogens is 1. The number of carbonyl (C=O) groups excluding carboxylic acids is 1. The lowest BCUT2D eigenvalue weighted by Gasteiger charge is -2.37. The van der Waals surface area contributed by atoms with Crippen LogP contribution in [0.5, 0.6) is 0 Å². The Labute approximate surface area is 101 Å². The average Bonchev–Trinajstić information content (AvgIpc) is 2.32. The van der Waals surface area contributed by atoms with E-state index in [1.807, 2.05) is 4.90 Å². The number of nitrogens with two attached hydrogens (primary N) is 1. The number of rotatable bonds is 1. The van der Waals surface area contributed by atoms with Crippen LogP contribution in [0.2, 0.25) is 0 Å². The summed E-state index contributed by atoms with van der Waals surface area (Å²) in [6.45, 7) is 4.50. The summed E-state index contributed by atoms with van der Waals surface area (Å²) in [5.74, 6) is 0.357. The zero-order chi connectivity index (χ0) is 12.4. The molecular weight excluding hydrogens is 216 g/mol. The van der Waals surface area contributed by atoms with Gasteiger partial charge in [-0.15, -0.1) is 0 Å². The summed E-state index contributed by atoms with van der Waals surface area (Å²) in [7, 11) is 2.07. The summed E-state index contributed by atoms with van der Waals surface area (Å²) in [5.41, 5.74) is 6.02. The summed E-state index contributed by atoms with van der Waals surface area (Å²) in [4.78, 5) is 20.3. The van der Waals surface area contributed by atoms with E-state index in [9.17, 15) is 4.79 Å². The van der Waals surface area contributed by atoms with E-state index >= 15 is 0 Å². The van der Waals surface area contributed by atoms with Gasteiger partial charge in [0.1, 0.15) is 11.5 Å². The molecule has 2 rings (SSSR count). The van der Waals surface area contributed by atoms with Crippen LogP contribution in [0.15, 0.2) is 18.2 Å². The first kappa shape index (κ1) is 11.9. The Morgan fingerprint density at radius 3 is 2.88 bits per heavy atom. The lowest BCUT2D eigenvalue weighted by Crippen LogP contribution is -2.52. The molecule has 0 bridgehead atoms. The third kappa shape index (κ3) is 2.55. The van der Waals surface area contributed by atoms with E-state index in [-0.39, 0.29) is 5.91 Å². The van der Waals surface area contributed by atoms with Crippen LogP contribution in [0.25, 0.3) is 0 Å². The molecule has 5 heteroatoms. The SMILES string of the molecule is CC1CN(C(=O)c2cccc(N)n2)CCN1C. The molecule has 1 aliphatic rings. The molecule has 17 heavy (non-hydrogen) atoms. The van der Waals surface area contributed by atoms with Crippen molar-refractivity contribution >= 4 is 11.7 Å². The molecule has 2 N–H and O–H groups in total. The highest BCUT2D eigenvalue weighted by atomic mass is 16.2. The van der Waals surface area contributed by atoms with Gasteiger partial charge in [0, 0.05) is 25.7 Å². The summed E-state index contributed by atoms with van der Waals surface area (Å²) in [6, 6.07) is 5.54. The summed E-state index contributed by atoms with van der Waals surface area (Å²) < 4.78 is 0. The van der Waals surface area contributed by atoms with Gasteiger partial charge in [-0.05, 0) is 26.1 Å². The number of piperazine rings is 1. The number of nitrogen functional groups attached to an aromatic ring is 1. The van der Waals surface area contributed by atoms with Crippen molar-refractivity contribution in [3.05, 3.63) is 23.9 Å². The zero-order valence-electron chi connectivity index (χ0n) is 10.3. The quantitative estimate of drug-likeness (QED) is 0.766. The maximum Gasteiger partial charge on any atom is 0.272 e. The van der Waals surface area contributed by atoms with E-state index in [1.165, 1.54) is 0 Å². The van der Waals surface area contributed by atoms with Gasteiger partial charge in [-0.2, -0.15) is 0 Å². The first-order valence-corrected chi connectivity index (χ1v) is 5.80. The number of hydrogen-bond donors (Lipinski definition) is 1. The van der Waals surface area contributed by atoms with Gasteiger partial charge in [-0.3, -0.25) is 4.79 Å². The standard InChI is InChI=1S/C12H18N4O/c1-9-8-16(7-6-15(9)2)12(17)10-4-3-5-11(13)14-10/h3-5,9H,6-8H2,1-2H3,(H2,13,14). The Morgan fingerprint density at radius 1 is 1.47 bits per heavy atom. The minimum Gasteiger partial charge on any atom is -0.384 e. The van der Waals surface area contributed by atoms with E-state index in [0.717, 1.165) is 19.6 Å². The van der Waals surface area contributed by atoms with Crippen LogP contribution in [0.1, 0.15) is 17.4 Å². The van der Waals surface area contributed by atoms with E-state index in [1.54, 1.807) is 18.2 Å². The fourth-order valence-electron chi connectivity index (χ4n) is 1.97. The van der Waals surface area contributed by atoms with Crippen LogP contribution in [-0.2, 0) is 0 Å². The van der Waals surface area contributed by atoms with E-state index in [2.05, 4.69) is 23.9 Å². The molecule has 1 aliphatic heterocycles. The topological polar surface area (TPSA) is 62.5 Å². The minimum atomic E-state index is -0.0303. The number of pyridine rings is 1. The number of hydrogen-bond acceptors (Lipinski definition) is 4.